The number of unbranched alkanes of at least 4 members (excludes halogenated alkanes) is 1. The van der Waals surface area contributed by atoms with Crippen molar-refractivity contribution >= 4 is 16.7 Å². The molecule has 0 aliphatic carbocycles. The van der Waals surface area contributed by atoms with Crippen LogP contribution in [-0.2, 0) is 6.54 Å². The quantitative estimate of drug-likeness (QED) is 0.410. The van der Waals surface area contributed by atoms with Gasteiger partial charge in [0.2, 0.25) is 5.88 Å². The molecule has 166 valence electrons. The van der Waals surface area contributed by atoms with Gasteiger partial charge in [0.05, 0.1) is 12.6 Å². The van der Waals surface area contributed by atoms with Gasteiger partial charge in [0, 0.05) is 18.8 Å². The lowest BCUT2D eigenvalue weighted by Crippen LogP contribution is -2.34. The topological polar surface area (TPSA) is 51.8 Å². The Morgan fingerprint density at radius 2 is 1.72 bits per heavy atom. The lowest BCUT2D eigenvalue weighted by atomic mass is 9.89. The van der Waals surface area contributed by atoms with Gasteiger partial charge in [-0.1, -0.05) is 30.3 Å². The van der Waals surface area contributed by atoms with Crippen molar-refractivity contribution in [3.8, 4) is 5.88 Å². The first-order valence-electron chi connectivity index (χ1n) is 11.6. The number of pyridine rings is 1. The summed E-state index contributed by atoms with van der Waals surface area (Å²) < 4.78 is 9.03. The Balaban J connectivity index is 1.22. The second-order valence-corrected chi connectivity index (χ2v) is 8.65. The van der Waals surface area contributed by atoms with Gasteiger partial charge in [0.15, 0.2) is 5.65 Å². The van der Waals surface area contributed by atoms with Crippen LogP contribution in [0.1, 0.15) is 37.2 Å². The summed E-state index contributed by atoms with van der Waals surface area (Å²) in [4.78, 5) is 20.3. The third-order valence-electron chi connectivity index (χ3n) is 6.73. The molecular formula is C26H30N4O2. The highest BCUT2D eigenvalue weighted by Gasteiger charge is 2.20. The number of nitrogens with zero attached hydrogens (tertiary/aromatic N) is 4. The van der Waals surface area contributed by atoms with Crippen LogP contribution in [0.4, 0.5) is 0 Å². The number of fused-ring (bicyclic) bond motifs is 3. The van der Waals surface area contributed by atoms with Crippen LogP contribution < -0.4 is 10.3 Å². The van der Waals surface area contributed by atoms with E-state index in [2.05, 4.69) is 40.2 Å². The molecule has 1 fully saturated rings. The average Bonchev–Trinajstić information content (AvgIpc) is 3.35. The van der Waals surface area contributed by atoms with Crippen LogP contribution in [0.25, 0.3) is 16.7 Å². The van der Waals surface area contributed by atoms with Gasteiger partial charge in [0.1, 0.15) is 5.52 Å². The number of ether oxygens (including phenoxy) is 1. The van der Waals surface area contributed by atoms with E-state index in [4.69, 9.17) is 4.74 Å². The van der Waals surface area contributed by atoms with E-state index in [0.29, 0.717) is 23.9 Å². The Labute approximate surface area is 188 Å². The molecule has 0 spiro atoms. The van der Waals surface area contributed by atoms with Crippen LogP contribution in [0, 0.1) is 0 Å². The molecule has 0 unspecified atom stereocenters. The van der Waals surface area contributed by atoms with E-state index in [0.717, 1.165) is 43.6 Å². The number of likely N-dealkylation sites (tertiary alicyclic amines) is 1. The van der Waals surface area contributed by atoms with Gasteiger partial charge < -0.3 is 14.2 Å². The highest BCUT2D eigenvalue weighted by atomic mass is 16.5. The Bertz CT molecular complexity index is 1250. The summed E-state index contributed by atoms with van der Waals surface area (Å²) in [6, 6.07) is 18.4. The number of aryl methyl sites for hydroxylation is 1. The van der Waals surface area contributed by atoms with Crippen molar-refractivity contribution in [3.63, 3.8) is 0 Å². The summed E-state index contributed by atoms with van der Waals surface area (Å²) in [7, 11) is 1.61. The van der Waals surface area contributed by atoms with Gasteiger partial charge in [-0.05, 0) is 75.0 Å². The molecule has 1 aliphatic rings. The molecule has 0 atom stereocenters. The minimum Gasteiger partial charge on any atom is -0.481 e. The van der Waals surface area contributed by atoms with E-state index in [1.54, 1.807) is 7.11 Å². The average molecular weight is 431 g/mol. The molecule has 1 aliphatic heterocycles. The molecule has 0 saturated carbocycles. The van der Waals surface area contributed by atoms with E-state index in [1.807, 2.05) is 39.4 Å². The highest BCUT2D eigenvalue weighted by Crippen LogP contribution is 2.27. The van der Waals surface area contributed by atoms with Gasteiger partial charge >= 0.3 is 0 Å². The Hall–Kier alpha value is -3.12. The fourth-order valence-electron chi connectivity index (χ4n) is 4.96. The third kappa shape index (κ3) is 4.02. The summed E-state index contributed by atoms with van der Waals surface area (Å²) in [5.74, 6) is 1.24. The zero-order valence-corrected chi connectivity index (χ0v) is 18.6. The molecule has 1 saturated heterocycles. The number of hydrogen-bond donors (Lipinski definition) is 0. The molecule has 5 rings (SSSR count). The van der Waals surface area contributed by atoms with E-state index in [1.165, 1.54) is 18.4 Å². The lowest BCUT2D eigenvalue weighted by molar-refractivity contribution is 0.208. The molecule has 6 nitrogen and oxygen atoms in total. The maximum absolute atomic E-state index is 13.1. The molecule has 3 aromatic heterocycles. The number of piperidine rings is 1. The van der Waals surface area contributed by atoms with Crippen molar-refractivity contribution in [1.29, 1.82) is 0 Å². The van der Waals surface area contributed by atoms with Crippen LogP contribution in [0.2, 0.25) is 0 Å². The second-order valence-electron chi connectivity index (χ2n) is 8.65. The second kappa shape index (κ2) is 9.17. The smallest absolute Gasteiger partial charge is 0.275 e. The molecular weight excluding hydrogens is 400 g/mol. The van der Waals surface area contributed by atoms with Crippen LogP contribution in [0.5, 0.6) is 5.88 Å². The number of rotatable bonds is 7. The number of aromatic nitrogens is 3. The minimum atomic E-state index is 0.0399. The molecule has 0 bridgehead atoms. The molecule has 6 heteroatoms. The Kier molecular flexibility index (Phi) is 5.95. The van der Waals surface area contributed by atoms with Crippen molar-refractivity contribution in [1.82, 2.24) is 18.9 Å². The first-order valence-corrected chi connectivity index (χ1v) is 11.6. The zero-order valence-electron chi connectivity index (χ0n) is 18.6. The van der Waals surface area contributed by atoms with E-state index >= 15 is 0 Å². The van der Waals surface area contributed by atoms with Crippen molar-refractivity contribution in [2.75, 3.05) is 26.7 Å². The highest BCUT2D eigenvalue weighted by molar-refractivity contribution is 5.75. The Morgan fingerprint density at radius 3 is 2.50 bits per heavy atom. The van der Waals surface area contributed by atoms with Gasteiger partial charge in [-0.15, -0.1) is 0 Å². The van der Waals surface area contributed by atoms with E-state index < -0.39 is 0 Å². The first-order chi connectivity index (χ1) is 15.7. The summed E-state index contributed by atoms with van der Waals surface area (Å²) in [5, 5.41) is 0. The SMILES string of the molecule is COc1ccc2c(n1)n1cccc1c(=O)n2CCCCN1CCC(c2ccccc2)CC1. The molecule has 0 amide bonds. The molecule has 1 aromatic carbocycles. The fourth-order valence-corrected chi connectivity index (χ4v) is 4.96. The van der Waals surface area contributed by atoms with Crippen molar-refractivity contribution in [2.45, 2.75) is 38.1 Å². The summed E-state index contributed by atoms with van der Waals surface area (Å²) in [5.41, 5.74) is 3.78. The zero-order chi connectivity index (χ0) is 21.9. The maximum Gasteiger partial charge on any atom is 0.275 e. The summed E-state index contributed by atoms with van der Waals surface area (Å²) in [6.45, 7) is 4.10. The van der Waals surface area contributed by atoms with Gasteiger partial charge in [-0.3, -0.25) is 9.20 Å². The molecule has 0 N–H and O–H groups in total. The van der Waals surface area contributed by atoms with Crippen molar-refractivity contribution < 1.29 is 4.74 Å². The predicted molar refractivity (Wildman–Crippen MR) is 128 cm³/mol. The van der Waals surface area contributed by atoms with E-state index in [9.17, 15) is 4.79 Å². The molecule has 4 heterocycles. The number of methoxy groups -OCH3 is 1. The fraction of sp³-hybridized carbons (Fsp3) is 0.385. The molecule has 0 radical (unpaired) electrons. The van der Waals surface area contributed by atoms with Crippen LogP contribution >= 0.6 is 0 Å². The standard InChI is InChI=1S/C26H30N4O2/c1-32-24-12-11-22-25(27-24)29-17-7-10-23(29)26(31)30(22)16-6-5-15-28-18-13-21(14-19-28)20-8-3-2-4-9-20/h2-4,7-12,17,21H,5-6,13-16,18-19H2,1H3. The van der Waals surface area contributed by atoms with Crippen molar-refractivity contribution in [2.24, 2.45) is 0 Å². The minimum absolute atomic E-state index is 0.0399. The molecule has 4 aromatic rings. The molecule has 32 heavy (non-hydrogen) atoms. The predicted octanol–water partition coefficient (Wildman–Crippen LogP) is 4.32. The van der Waals surface area contributed by atoms with Crippen LogP contribution in [0.3, 0.4) is 0 Å². The first kappa shape index (κ1) is 20.8. The van der Waals surface area contributed by atoms with Gasteiger partial charge in [-0.2, -0.15) is 4.98 Å². The number of benzene rings is 1. The van der Waals surface area contributed by atoms with E-state index in [-0.39, 0.29) is 5.56 Å². The van der Waals surface area contributed by atoms with Gasteiger partial charge in [-0.25, -0.2) is 0 Å². The van der Waals surface area contributed by atoms with Crippen LogP contribution in [-0.4, -0.2) is 45.6 Å². The normalized spacial score (nSPS) is 15.5. The van der Waals surface area contributed by atoms with Crippen LogP contribution in [0.15, 0.2) is 65.6 Å². The summed E-state index contributed by atoms with van der Waals surface area (Å²) in [6.07, 6.45) is 6.39. The largest absolute Gasteiger partial charge is 0.481 e. The van der Waals surface area contributed by atoms with Crippen molar-refractivity contribution in [3.05, 3.63) is 76.7 Å². The Morgan fingerprint density at radius 1 is 0.938 bits per heavy atom. The monoisotopic (exact) mass is 430 g/mol. The maximum atomic E-state index is 13.1. The number of hydrogen-bond acceptors (Lipinski definition) is 4. The summed E-state index contributed by atoms with van der Waals surface area (Å²) >= 11 is 0. The lowest BCUT2D eigenvalue weighted by Gasteiger charge is -2.32. The third-order valence-corrected chi connectivity index (χ3v) is 6.73. The van der Waals surface area contributed by atoms with Gasteiger partial charge in [0.25, 0.3) is 5.56 Å².